The molecule has 0 aromatic rings. The molecule has 0 saturated heterocycles. The van der Waals surface area contributed by atoms with Gasteiger partial charge in [0, 0.05) is 0 Å². The highest BCUT2D eigenvalue weighted by Crippen LogP contribution is 2.11. The van der Waals surface area contributed by atoms with Crippen molar-refractivity contribution in [1.29, 1.82) is 0 Å². The van der Waals surface area contributed by atoms with Crippen molar-refractivity contribution in [3.63, 3.8) is 0 Å². The van der Waals surface area contributed by atoms with Gasteiger partial charge in [-0.25, -0.2) is 4.79 Å². The topological polar surface area (TPSA) is 61.8 Å². The molecule has 0 aromatic carbocycles. The highest BCUT2D eigenvalue weighted by Gasteiger charge is 2.20. The summed E-state index contributed by atoms with van der Waals surface area (Å²) in [6.07, 6.45) is -0.637. The molecular weight excluding hydrogens is 212 g/mol. The molecule has 0 radical (unpaired) electrons. The number of rotatable bonds is 6. The molecule has 0 N–H and O–H groups in total. The first-order valence-electron chi connectivity index (χ1n) is 5.51. The molecule has 0 aliphatic rings. The van der Waals surface area contributed by atoms with Crippen LogP contribution in [0.3, 0.4) is 0 Å². The Morgan fingerprint density at radius 1 is 1.06 bits per heavy atom. The number of carbonyl (C=O) groups excluding carboxylic acids is 2. The summed E-state index contributed by atoms with van der Waals surface area (Å²) >= 11 is 0. The van der Waals surface area contributed by atoms with E-state index in [1.54, 1.807) is 27.7 Å². The van der Waals surface area contributed by atoms with Gasteiger partial charge in [-0.3, -0.25) is 4.79 Å². The quantitative estimate of drug-likeness (QED) is 0.656. The van der Waals surface area contributed by atoms with E-state index in [1.165, 1.54) is 0 Å². The summed E-state index contributed by atoms with van der Waals surface area (Å²) in [5.41, 5.74) is 0. The smallest absolute Gasteiger partial charge is 0.466 e. The molecule has 0 bridgehead atoms. The van der Waals surface area contributed by atoms with Crippen LogP contribution in [0.4, 0.5) is 4.79 Å². The lowest BCUT2D eigenvalue weighted by Crippen LogP contribution is -2.23. The number of hydrogen-bond acceptors (Lipinski definition) is 5. The number of esters is 1. The van der Waals surface area contributed by atoms with E-state index in [0.717, 1.165) is 0 Å². The van der Waals surface area contributed by atoms with Crippen LogP contribution in [0, 0.1) is 5.92 Å². The summed E-state index contributed by atoms with van der Waals surface area (Å²) in [4.78, 5) is 22.3. The highest BCUT2D eigenvalue weighted by atomic mass is 16.7. The van der Waals surface area contributed by atoms with Crippen LogP contribution in [-0.2, 0) is 19.0 Å². The third-order valence-electron chi connectivity index (χ3n) is 1.93. The van der Waals surface area contributed by atoms with Crippen molar-refractivity contribution in [1.82, 2.24) is 0 Å². The summed E-state index contributed by atoms with van der Waals surface area (Å²) in [6.45, 7) is 7.54. The second kappa shape index (κ2) is 7.96. The maximum atomic E-state index is 11.3. The molecule has 0 aliphatic heterocycles. The molecule has 0 saturated carbocycles. The Hall–Kier alpha value is -1.26. The van der Waals surface area contributed by atoms with E-state index in [1.807, 2.05) is 0 Å². The fourth-order valence-electron chi connectivity index (χ4n) is 1.24. The minimum Gasteiger partial charge on any atom is -0.466 e. The van der Waals surface area contributed by atoms with E-state index in [2.05, 4.69) is 4.74 Å². The molecule has 16 heavy (non-hydrogen) atoms. The zero-order valence-corrected chi connectivity index (χ0v) is 10.3. The van der Waals surface area contributed by atoms with E-state index >= 15 is 0 Å². The van der Waals surface area contributed by atoms with E-state index in [4.69, 9.17) is 9.47 Å². The van der Waals surface area contributed by atoms with Crippen molar-refractivity contribution in [2.24, 2.45) is 5.92 Å². The molecule has 0 spiro atoms. The molecular formula is C11H20O5. The van der Waals surface area contributed by atoms with Crippen LogP contribution in [-0.4, -0.2) is 31.4 Å². The Kier molecular flexibility index (Phi) is 7.33. The monoisotopic (exact) mass is 232 g/mol. The minimum absolute atomic E-state index is 0.276. The molecule has 94 valence electrons. The van der Waals surface area contributed by atoms with E-state index in [9.17, 15) is 9.59 Å². The average molecular weight is 232 g/mol. The minimum atomic E-state index is -0.703. The molecule has 2 atom stereocenters. The van der Waals surface area contributed by atoms with Gasteiger partial charge in [0.25, 0.3) is 0 Å². The molecule has 5 heteroatoms. The zero-order chi connectivity index (χ0) is 12.6. The van der Waals surface area contributed by atoms with Crippen molar-refractivity contribution in [2.75, 3.05) is 13.2 Å². The second-order valence-electron chi connectivity index (χ2n) is 3.50. The van der Waals surface area contributed by atoms with Crippen LogP contribution in [0.15, 0.2) is 0 Å². The Bertz CT molecular complexity index is 226. The van der Waals surface area contributed by atoms with E-state index in [-0.39, 0.29) is 24.6 Å². The number of carbonyl (C=O) groups is 2. The molecule has 5 nitrogen and oxygen atoms in total. The standard InChI is InChI=1S/C11H20O5/c1-5-14-10(12)8(3)7-9(4)16-11(13)15-6-2/h8-9H,5-7H2,1-4H3. The highest BCUT2D eigenvalue weighted by molar-refractivity contribution is 5.72. The maximum Gasteiger partial charge on any atom is 0.508 e. The maximum absolute atomic E-state index is 11.3. The van der Waals surface area contributed by atoms with Gasteiger partial charge < -0.3 is 14.2 Å². The van der Waals surface area contributed by atoms with Gasteiger partial charge in [-0.2, -0.15) is 0 Å². The number of hydrogen-bond donors (Lipinski definition) is 0. The van der Waals surface area contributed by atoms with Gasteiger partial charge in [-0.15, -0.1) is 0 Å². The first-order valence-corrected chi connectivity index (χ1v) is 5.51. The normalized spacial score (nSPS) is 13.8. The summed E-state index contributed by atoms with van der Waals surface area (Å²) in [7, 11) is 0. The first-order chi connectivity index (χ1) is 7.51. The Labute approximate surface area is 96.1 Å². The fourth-order valence-corrected chi connectivity index (χ4v) is 1.24. The zero-order valence-electron chi connectivity index (χ0n) is 10.3. The van der Waals surface area contributed by atoms with Crippen LogP contribution >= 0.6 is 0 Å². The summed E-state index contributed by atoms with van der Waals surface area (Å²) in [5.74, 6) is -0.564. The van der Waals surface area contributed by atoms with Gasteiger partial charge in [0.2, 0.25) is 0 Å². The van der Waals surface area contributed by atoms with Crippen LogP contribution in [0.25, 0.3) is 0 Å². The van der Waals surface area contributed by atoms with Gasteiger partial charge in [0.05, 0.1) is 19.1 Å². The Balaban J connectivity index is 3.90. The van der Waals surface area contributed by atoms with Gasteiger partial charge in [0.1, 0.15) is 6.10 Å². The molecule has 0 aliphatic carbocycles. The summed E-state index contributed by atoms with van der Waals surface area (Å²) in [6, 6.07) is 0. The first kappa shape index (κ1) is 14.7. The van der Waals surface area contributed by atoms with Crippen molar-refractivity contribution in [3.8, 4) is 0 Å². The van der Waals surface area contributed by atoms with Gasteiger partial charge >= 0.3 is 12.1 Å². The third kappa shape index (κ3) is 6.27. The predicted octanol–water partition coefficient (Wildman–Crippen LogP) is 2.14. The Morgan fingerprint density at radius 3 is 2.12 bits per heavy atom. The molecule has 2 unspecified atom stereocenters. The Morgan fingerprint density at radius 2 is 1.62 bits per heavy atom. The summed E-state index contributed by atoms with van der Waals surface area (Å²) in [5, 5.41) is 0. The van der Waals surface area contributed by atoms with Gasteiger partial charge in [-0.1, -0.05) is 6.92 Å². The van der Waals surface area contributed by atoms with Crippen LogP contribution in [0.2, 0.25) is 0 Å². The van der Waals surface area contributed by atoms with Crippen LogP contribution in [0.1, 0.15) is 34.1 Å². The van der Waals surface area contributed by atoms with Crippen LogP contribution in [0.5, 0.6) is 0 Å². The molecule has 0 fully saturated rings. The van der Waals surface area contributed by atoms with Gasteiger partial charge in [-0.05, 0) is 27.2 Å². The second-order valence-corrected chi connectivity index (χ2v) is 3.50. The number of ether oxygens (including phenoxy) is 3. The van der Waals surface area contributed by atoms with Crippen molar-refractivity contribution < 1.29 is 23.8 Å². The predicted molar refractivity (Wildman–Crippen MR) is 58.0 cm³/mol. The van der Waals surface area contributed by atoms with E-state index in [0.29, 0.717) is 13.0 Å². The molecule has 0 amide bonds. The summed E-state index contributed by atoms with van der Waals surface area (Å²) < 4.78 is 14.4. The van der Waals surface area contributed by atoms with Crippen molar-refractivity contribution in [3.05, 3.63) is 0 Å². The lowest BCUT2D eigenvalue weighted by Gasteiger charge is -2.16. The SMILES string of the molecule is CCOC(=O)OC(C)CC(C)C(=O)OCC. The molecule has 0 heterocycles. The third-order valence-corrected chi connectivity index (χ3v) is 1.93. The molecule has 0 aromatic heterocycles. The fraction of sp³-hybridized carbons (Fsp3) is 0.818. The van der Waals surface area contributed by atoms with Crippen molar-refractivity contribution in [2.45, 2.75) is 40.2 Å². The van der Waals surface area contributed by atoms with Crippen LogP contribution < -0.4 is 0 Å². The molecule has 0 rings (SSSR count). The lowest BCUT2D eigenvalue weighted by molar-refractivity contribution is -0.148. The van der Waals surface area contributed by atoms with Crippen molar-refractivity contribution >= 4 is 12.1 Å². The largest absolute Gasteiger partial charge is 0.508 e. The average Bonchev–Trinajstić information content (AvgIpc) is 2.17. The lowest BCUT2D eigenvalue weighted by atomic mass is 10.1. The van der Waals surface area contributed by atoms with E-state index < -0.39 is 6.16 Å². The van der Waals surface area contributed by atoms with Gasteiger partial charge in [0.15, 0.2) is 0 Å².